The number of benzene rings is 2. The van der Waals surface area contributed by atoms with Crippen LogP contribution in [0, 0.1) is 0 Å². The number of carbonyl (C=O) groups is 2. The molecule has 0 radical (unpaired) electrons. The average Bonchev–Trinajstić information content (AvgIpc) is 3.34. The van der Waals surface area contributed by atoms with E-state index in [4.69, 9.17) is 4.74 Å². The summed E-state index contributed by atoms with van der Waals surface area (Å²) >= 11 is 0. The smallest absolute Gasteiger partial charge is 0.243 e. The first-order valence-electron chi connectivity index (χ1n) is 10.7. The van der Waals surface area contributed by atoms with Gasteiger partial charge in [-0.25, -0.2) is 5.01 Å². The van der Waals surface area contributed by atoms with Crippen molar-refractivity contribution in [3.8, 4) is 5.75 Å². The molecule has 0 atom stereocenters. The predicted octanol–water partition coefficient (Wildman–Crippen LogP) is 2.76. The maximum absolute atomic E-state index is 12.6. The first kappa shape index (κ1) is 20.9. The third-order valence-corrected chi connectivity index (χ3v) is 5.82. The summed E-state index contributed by atoms with van der Waals surface area (Å²) in [4.78, 5) is 29.3. The maximum Gasteiger partial charge on any atom is 0.243 e. The molecule has 7 heteroatoms. The van der Waals surface area contributed by atoms with Crippen LogP contribution < -0.4 is 9.64 Å². The van der Waals surface area contributed by atoms with Crippen molar-refractivity contribution in [1.29, 1.82) is 0 Å². The molecule has 0 spiro atoms. The minimum atomic E-state index is -0.0869. The van der Waals surface area contributed by atoms with Crippen LogP contribution in [0.1, 0.15) is 24.8 Å². The van der Waals surface area contributed by atoms with Crippen LogP contribution in [0.5, 0.6) is 5.75 Å². The van der Waals surface area contributed by atoms with E-state index in [1.165, 1.54) is 5.01 Å². The van der Waals surface area contributed by atoms with Crippen molar-refractivity contribution in [3.05, 3.63) is 60.2 Å². The fourth-order valence-corrected chi connectivity index (χ4v) is 3.98. The second-order valence-electron chi connectivity index (χ2n) is 7.75. The van der Waals surface area contributed by atoms with Gasteiger partial charge in [0.15, 0.2) is 0 Å². The summed E-state index contributed by atoms with van der Waals surface area (Å²) in [5.41, 5.74) is 3.10. The van der Waals surface area contributed by atoms with Crippen molar-refractivity contribution < 1.29 is 14.3 Å². The zero-order valence-electron chi connectivity index (χ0n) is 17.9. The van der Waals surface area contributed by atoms with Gasteiger partial charge in [0.1, 0.15) is 5.75 Å². The Morgan fingerprint density at radius 2 is 1.55 bits per heavy atom. The number of methoxy groups -OCH3 is 1. The van der Waals surface area contributed by atoms with Crippen LogP contribution in [0.4, 0.5) is 5.69 Å². The van der Waals surface area contributed by atoms with E-state index in [-0.39, 0.29) is 24.7 Å². The molecule has 2 heterocycles. The standard InChI is InChI=1S/C24H28N4O3/c1-31-21-9-7-20(8-10-21)26-15-17-27(18-16-26)23(29)11-12-24(30)28-14-13-22(25-28)19-5-3-2-4-6-19/h2-10H,11-18H2,1H3. The van der Waals surface area contributed by atoms with Gasteiger partial charge < -0.3 is 14.5 Å². The molecule has 2 aliphatic rings. The summed E-state index contributed by atoms with van der Waals surface area (Å²) in [6.07, 6.45) is 1.17. The second kappa shape index (κ2) is 9.64. The molecule has 0 saturated carbocycles. The van der Waals surface area contributed by atoms with Gasteiger partial charge in [0.25, 0.3) is 0 Å². The Kier molecular flexibility index (Phi) is 6.50. The van der Waals surface area contributed by atoms with Crippen molar-refractivity contribution in [2.75, 3.05) is 44.7 Å². The molecular formula is C24H28N4O3. The molecule has 31 heavy (non-hydrogen) atoms. The second-order valence-corrected chi connectivity index (χ2v) is 7.75. The fourth-order valence-electron chi connectivity index (χ4n) is 3.98. The van der Waals surface area contributed by atoms with Gasteiger partial charge in [-0.15, -0.1) is 0 Å². The van der Waals surface area contributed by atoms with Gasteiger partial charge in [-0.2, -0.15) is 5.10 Å². The highest BCUT2D eigenvalue weighted by Crippen LogP contribution is 2.21. The van der Waals surface area contributed by atoms with Gasteiger partial charge in [-0.3, -0.25) is 9.59 Å². The Hall–Kier alpha value is -3.35. The fraction of sp³-hybridized carbons (Fsp3) is 0.375. The predicted molar refractivity (Wildman–Crippen MR) is 120 cm³/mol. The Labute approximate surface area is 182 Å². The summed E-state index contributed by atoms with van der Waals surface area (Å²) in [6, 6.07) is 17.9. The molecular weight excluding hydrogens is 392 g/mol. The van der Waals surface area contributed by atoms with E-state index in [1.807, 2.05) is 59.5 Å². The number of hydrogen-bond acceptors (Lipinski definition) is 5. The van der Waals surface area contributed by atoms with E-state index in [9.17, 15) is 9.59 Å². The van der Waals surface area contributed by atoms with Crippen LogP contribution in [0.2, 0.25) is 0 Å². The minimum absolute atomic E-state index is 0.0363. The van der Waals surface area contributed by atoms with Gasteiger partial charge >= 0.3 is 0 Å². The van der Waals surface area contributed by atoms with Crippen LogP contribution in [0.25, 0.3) is 0 Å². The summed E-state index contributed by atoms with van der Waals surface area (Å²) in [6.45, 7) is 3.47. The van der Waals surface area contributed by atoms with E-state index in [0.717, 1.165) is 42.2 Å². The van der Waals surface area contributed by atoms with Crippen molar-refractivity contribution in [2.45, 2.75) is 19.3 Å². The number of rotatable bonds is 6. The number of hydrazone groups is 1. The van der Waals surface area contributed by atoms with Crippen LogP contribution in [0.3, 0.4) is 0 Å². The summed E-state index contributed by atoms with van der Waals surface area (Å²) in [7, 11) is 1.66. The number of piperazine rings is 1. The van der Waals surface area contributed by atoms with E-state index < -0.39 is 0 Å². The molecule has 0 unspecified atom stereocenters. The number of hydrogen-bond donors (Lipinski definition) is 0. The highest BCUT2D eigenvalue weighted by Gasteiger charge is 2.25. The van der Waals surface area contributed by atoms with Gasteiger partial charge in [-0.1, -0.05) is 30.3 Å². The van der Waals surface area contributed by atoms with E-state index >= 15 is 0 Å². The van der Waals surface area contributed by atoms with Crippen molar-refractivity contribution in [1.82, 2.24) is 9.91 Å². The van der Waals surface area contributed by atoms with Crippen LogP contribution in [-0.4, -0.2) is 67.3 Å². The lowest BCUT2D eigenvalue weighted by Gasteiger charge is -2.36. The van der Waals surface area contributed by atoms with Crippen molar-refractivity contribution >= 4 is 23.2 Å². The highest BCUT2D eigenvalue weighted by atomic mass is 16.5. The molecule has 0 aliphatic carbocycles. The normalized spacial score (nSPS) is 16.3. The molecule has 0 N–H and O–H groups in total. The first-order valence-corrected chi connectivity index (χ1v) is 10.7. The lowest BCUT2D eigenvalue weighted by molar-refractivity contribution is -0.137. The molecule has 0 aromatic heterocycles. The Morgan fingerprint density at radius 1 is 0.871 bits per heavy atom. The summed E-state index contributed by atoms with van der Waals surface area (Å²) < 4.78 is 5.21. The lowest BCUT2D eigenvalue weighted by Crippen LogP contribution is -2.48. The molecule has 2 aromatic carbocycles. The molecule has 4 rings (SSSR count). The van der Waals surface area contributed by atoms with Gasteiger partial charge in [-0.05, 0) is 29.8 Å². The SMILES string of the molecule is COc1ccc(N2CCN(C(=O)CCC(=O)N3CCC(c4ccccc4)=N3)CC2)cc1. The topological polar surface area (TPSA) is 65.5 Å². The van der Waals surface area contributed by atoms with E-state index in [2.05, 4.69) is 10.0 Å². The summed E-state index contributed by atoms with van der Waals surface area (Å²) in [5.74, 6) is 0.783. The average molecular weight is 421 g/mol. The molecule has 162 valence electrons. The molecule has 0 bridgehead atoms. The summed E-state index contributed by atoms with van der Waals surface area (Å²) in [5, 5.41) is 5.98. The molecule has 7 nitrogen and oxygen atoms in total. The van der Waals surface area contributed by atoms with Gasteiger partial charge in [0, 0.05) is 51.1 Å². The number of nitrogens with zero attached hydrogens (tertiary/aromatic N) is 4. The lowest BCUT2D eigenvalue weighted by atomic mass is 10.1. The number of amides is 2. The van der Waals surface area contributed by atoms with Gasteiger partial charge in [0.2, 0.25) is 11.8 Å². The molecule has 1 fully saturated rings. The Balaban J connectivity index is 1.23. The number of anilines is 1. The minimum Gasteiger partial charge on any atom is -0.497 e. The van der Waals surface area contributed by atoms with Crippen LogP contribution in [0.15, 0.2) is 59.7 Å². The number of ether oxygens (including phenoxy) is 1. The molecule has 2 amide bonds. The Bertz CT molecular complexity index is 935. The largest absolute Gasteiger partial charge is 0.497 e. The Morgan fingerprint density at radius 3 is 2.23 bits per heavy atom. The first-order chi connectivity index (χ1) is 15.1. The third kappa shape index (κ3) is 5.05. The van der Waals surface area contributed by atoms with E-state index in [1.54, 1.807) is 7.11 Å². The van der Waals surface area contributed by atoms with E-state index in [0.29, 0.717) is 19.6 Å². The zero-order chi connectivity index (χ0) is 21.6. The van der Waals surface area contributed by atoms with Crippen molar-refractivity contribution in [2.24, 2.45) is 5.10 Å². The molecule has 2 aromatic rings. The molecule has 2 aliphatic heterocycles. The number of carbonyl (C=O) groups excluding carboxylic acids is 2. The third-order valence-electron chi connectivity index (χ3n) is 5.82. The quantitative estimate of drug-likeness (QED) is 0.721. The van der Waals surface area contributed by atoms with Gasteiger partial charge in [0.05, 0.1) is 19.4 Å². The zero-order valence-corrected chi connectivity index (χ0v) is 17.9. The van der Waals surface area contributed by atoms with Crippen LogP contribution >= 0.6 is 0 Å². The maximum atomic E-state index is 12.6. The van der Waals surface area contributed by atoms with Crippen molar-refractivity contribution in [3.63, 3.8) is 0 Å². The monoisotopic (exact) mass is 420 g/mol. The highest BCUT2D eigenvalue weighted by molar-refractivity contribution is 6.02. The van der Waals surface area contributed by atoms with Crippen LogP contribution in [-0.2, 0) is 9.59 Å². The molecule has 1 saturated heterocycles.